The van der Waals surface area contributed by atoms with E-state index in [1.165, 1.54) is 0 Å². The van der Waals surface area contributed by atoms with Crippen molar-refractivity contribution < 1.29 is 1.37 Å². The van der Waals surface area contributed by atoms with Crippen LogP contribution in [0.1, 0.15) is 34.0 Å². The van der Waals surface area contributed by atoms with Crippen LogP contribution in [0.15, 0.2) is 0 Å². The predicted molar refractivity (Wildman–Crippen MR) is 36.3 cm³/mol. The Kier molecular flexibility index (Phi) is 3.83. The number of hydrogen-bond donors (Lipinski definition) is 2. The quantitative estimate of drug-likeness (QED) is 0.423. The average Bonchev–Trinajstić information content (AvgIpc) is 1.63. The maximum Gasteiger partial charge on any atom is 0.0631 e. The van der Waals surface area contributed by atoms with E-state index in [-0.39, 0.29) is 0 Å². The monoisotopic (exact) mass is 117 g/mol. The summed E-state index contributed by atoms with van der Waals surface area (Å²) in [6.45, 7) is 2.11. The fourth-order valence-electron chi connectivity index (χ4n) is 0.579. The van der Waals surface area contributed by atoms with Gasteiger partial charge >= 0.3 is 0 Å². The third-order valence-electron chi connectivity index (χ3n) is 1.07. The minimum Gasteiger partial charge on any atom is -0.316 e. The number of unbranched alkanes of at least 4 members (excludes halogenated alkanes) is 2. The van der Waals surface area contributed by atoms with Crippen molar-refractivity contribution in [2.75, 3.05) is 0 Å². The molecule has 4 N–H and O–H groups in total. The number of rotatable bonds is 4. The van der Waals surface area contributed by atoms with Crippen molar-refractivity contribution in [3.63, 3.8) is 0 Å². The highest BCUT2D eigenvalue weighted by Gasteiger charge is 1.90. The molecule has 2 nitrogen and oxygen atoms in total. The van der Waals surface area contributed by atoms with Crippen molar-refractivity contribution in [2.24, 2.45) is 11.5 Å². The van der Waals surface area contributed by atoms with Crippen molar-refractivity contribution >= 4 is 0 Å². The molecule has 0 aromatic heterocycles. The van der Waals surface area contributed by atoms with Crippen LogP contribution in [0.5, 0.6) is 0 Å². The lowest BCUT2D eigenvalue weighted by atomic mass is 10.2. The van der Waals surface area contributed by atoms with E-state index in [0.717, 1.165) is 19.3 Å². The summed E-state index contributed by atoms with van der Waals surface area (Å²) in [4.78, 5) is 0. The SMILES string of the molecule is [2H]C(N)(N)CCCCC. The molecule has 0 aliphatic rings. The van der Waals surface area contributed by atoms with Gasteiger partial charge in [0.25, 0.3) is 0 Å². The van der Waals surface area contributed by atoms with Crippen LogP contribution in [0, 0.1) is 0 Å². The van der Waals surface area contributed by atoms with E-state index in [0.29, 0.717) is 6.42 Å². The third-order valence-corrected chi connectivity index (χ3v) is 1.07. The molecule has 0 aliphatic carbocycles. The van der Waals surface area contributed by atoms with Crippen LogP contribution in [-0.2, 0) is 0 Å². The summed E-state index contributed by atoms with van der Waals surface area (Å²) < 4.78 is 7.07. The third kappa shape index (κ3) is 5.92. The molecule has 8 heavy (non-hydrogen) atoms. The zero-order chi connectivity index (χ0) is 7.33. The van der Waals surface area contributed by atoms with Crippen molar-refractivity contribution in [2.45, 2.75) is 38.7 Å². The molecule has 0 aromatic carbocycles. The standard InChI is InChI=1S/C6H16N2/c1-2-3-4-5-6(7)8/h6H,2-5,7-8H2,1H3/i6D. The largest absolute Gasteiger partial charge is 0.316 e. The summed E-state index contributed by atoms with van der Waals surface area (Å²) in [5.74, 6) is 0. The molecule has 0 saturated carbocycles. The molecule has 0 spiro atoms. The second-order valence-electron chi connectivity index (χ2n) is 2.03. The van der Waals surface area contributed by atoms with E-state index in [1.54, 1.807) is 0 Å². The first-order valence-electron chi connectivity index (χ1n) is 3.64. The van der Waals surface area contributed by atoms with Crippen LogP contribution < -0.4 is 11.5 Å². The van der Waals surface area contributed by atoms with Crippen LogP contribution in [0.3, 0.4) is 0 Å². The van der Waals surface area contributed by atoms with Crippen molar-refractivity contribution in [1.29, 1.82) is 0 Å². The van der Waals surface area contributed by atoms with Gasteiger partial charge in [-0.15, -0.1) is 0 Å². The second kappa shape index (κ2) is 5.06. The van der Waals surface area contributed by atoms with E-state index >= 15 is 0 Å². The van der Waals surface area contributed by atoms with Gasteiger partial charge in [0.15, 0.2) is 0 Å². The Balaban J connectivity index is 3.07. The van der Waals surface area contributed by atoms with Crippen LogP contribution >= 0.6 is 0 Å². The van der Waals surface area contributed by atoms with Crippen molar-refractivity contribution in [1.82, 2.24) is 0 Å². The summed E-state index contributed by atoms with van der Waals surface area (Å²) in [6, 6.07) is 0. The Morgan fingerprint density at radius 3 is 2.50 bits per heavy atom. The van der Waals surface area contributed by atoms with Gasteiger partial charge in [-0.3, -0.25) is 0 Å². The Morgan fingerprint density at radius 1 is 1.50 bits per heavy atom. The zero-order valence-electron chi connectivity index (χ0n) is 6.48. The Labute approximate surface area is 52.6 Å². The fraction of sp³-hybridized carbons (Fsp3) is 1.00. The second-order valence-corrected chi connectivity index (χ2v) is 2.03. The maximum absolute atomic E-state index is 7.07. The van der Waals surface area contributed by atoms with Gasteiger partial charge in [0, 0.05) is 0 Å². The van der Waals surface area contributed by atoms with E-state index in [2.05, 4.69) is 6.92 Å². The van der Waals surface area contributed by atoms with Gasteiger partial charge in [0.1, 0.15) is 0 Å². The molecule has 0 saturated heterocycles. The first-order chi connectivity index (χ1) is 4.06. The van der Waals surface area contributed by atoms with E-state index in [4.69, 9.17) is 12.8 Å². The number of nitrogens with two attached hydrogens (primary N) is 2. The van der Waals surface area contributed by atoms with Gasteiger partial charge in [0.2, 0.25) is 0 Å². The van der Waals surface area contributed by atoms with E-state index < -0.39 is 6.14 Å². The normalized spacial score (nSPS) is 13.6. The lowest BCUT2D eigenvalue weighted by Gasteiger charge is -2.01. The Hall–Kier alpha value is -0.0800. The fourth-order valence-corrected chi connectivity index (χ4v) is 0.579. The average molecular weight is 117 g/mol. The molecule has 0 fully saturated rings. The summed E-state index contributed by atoms with van der Waals surface area (Å²) >= 11 is 0. The van der Waals surface area contributed by atoms with E-state index in [9.17, 15) is 0 Å². The highest BCUT2D eigenvalue weighted by molar-refractivity contribution is 4.49. The number of hydrogen-bond acceptors (Lipinski definition) is 2. The van der Waals surface area contributed by atoms with E-state index in [1.807, 2.05) is 0 Å². The lowest BCUT2D eigenvalue weighted by Crippen LogP contribution is -2.29. The molecule has 0 aliphatic heterocycles. The first-order valence-corrected chi connectivity index (χ1v) is 3.14. The Bertz CT molecular complexity index is 67.9. The minimum absolute atomic E-state index is 0.598. The predicted octanol–water partition coefficient (Wildman–Crippen LogP) is 0.810. The summed E-state index contributed by atoms with van der Waals surface area (Å²) in [7, 11) is 0. The van der Waals surface area contributed by atoms with Gasteiger partial charge in [-0.2, -0.15) is 0 Å². The molecule has 50 valence electrons. The zero-order valence-corrected chi connectivity index (χ0v) is 5.48. The van der Waals surface area contributed by atoms with Gasteiger partial charge in [-0.25, -0.2) is 0 Å². The van der Waals surface area contributed by atoms with Crippen LogP contribution in [0.25, 0.3) is 0 Å². The maximum atomic E-state index is 7.07. The summed E-state index contributed by atoms with van der Waals surface area (Å²) in [5, 5.41) is 0. The molecule has 0 amide bonds. The van der Waals surface area contributed by atoms with Gasteiger partial charge in [-0.1, -0.05) is 26.2 Å². The van der Waals surface area contributed by atoms with Crippen molar-refractivity contribution in [3.05, 3.63) is 0 Å². The molecule has 0 heterocycles. The molecule has 0 radical (unpaired) electrons. The molecular weight excluding hydrogens is 100 g/mol. The molecule has 2 heteroatoms. The molecule has 0 unspecified atom stereocenters. The Morgan fingerprint density at radius 2 is 2.12 bits per heavy atom. The van der Waals surface area contributed by atoms with Gasteiger partial charge < -0.3 is 11.5 Å². The molecule has 0 rings (SSSR count). The summed E-state index contributed by atoms with van der Waals surface area (Å²) in [5.41, 5.74) is 10.4. The van der Waals surface area contributed by atoms with Gasteiger partial charge in [-0.05, 0) is 6.42 Å². The molecule has 0 aromatic rings. The van der Waals surface area contributed by atoms with Crippen LogP contribution in [-0.4, -0.2) is 6.14 Å². The minimum atomic E-state index is -1.20. The summed E-state index contributed by atoms with van der Waals surface area (Å²) in [6.07, 6.45) is 2.63. The molecule has 0 bridgehead atoms. The van der Waals surface area contributed by atoms with Crippen molar-refractivity contribution in [3.8, 4) is 0 Å². The molecule has 0 atom stereocenters. The van der Waals surface area contributed by atoms with Crippen LogP contribution in [0.2, 0.25) is 0 Å². The van der Waals surface area contributed by atoms with Gasteiger partial charge in [0.05, 0.1) is 7.51 Å². The topological polar surface area (TPSA) is 52.0 Å². The highest BCUT2D eigenvalue weighted by atomic mass is 14.8. The highest BCUT2D eigenvalue weighted by Crippen LogP contribution is 1.97. The molecular formula is C6H16N2. The smallest absolute Gasteiger partial charge is 0.0631 e. The lowest BCUT2D eigenvalue weighted by molar-refractivity contribution is 0.575. The van der Waals surface area contributed by atoms with Crippen LogP contribution in [0.4, 0.5) is 0 Å². The first kappa shape index (κ1) is 6.05.